The standard InChI is InChI=1S/C72H103N15O18S2/c1-2-3-17-49-65(97)84-54(34-62(93)94)70(102)82-52(32-41-14-12-15-41)68(100)83-53(33-44-35-76-47-18-8-7-16-46(44)47)69(101)80-50(22-24-58(74)88)66(98)79-51(23-25-61(91)92)67(99)85-55(63(75)95)39-106-37-42-29-43-31-45(30-42)105-28-11-5-4-6-21-59(89)77-36-60(90)78-48(19-9-10-26-73)64(96)86-56(40-107-38-43)72(104)87-27-13-20-57(87)71(103)81-49/h7-8,16,18,29-31,35,41,48-57,76H,2-6,9-15,17,19-28,32-34,36-40,73H2,1H3,(H2,74,88)(H2,75,95)(H,77,89)(H,78,90)(H,79,98)(H,80,101)(H,81,103)(H,82,102)(H,83,100)(H,84,97)(H,85,99)(H,86,96)(H,91,92)(H,93,94)/t48-,49-,50-,51-,52-,53-,54-,55-,56-,57-/m0/s1. The van der Waals surface area contributed by atoms with Gasteiger partial charge in [0.2, 0.25) is 76.8 Å². The first-order chi connectivity index (χ1) is 51.3. The molecule has 1 aliphatic carbocycles. The first-order valence-electron chi connectivity index (χ1n) is 36.8. The summed E-state index contributed by atoms with van der Waals surface area (Å²) >= 11 is 2.40. The van der Waals surface area contributed by atoms with Crippen molar-refractivity contribution in [3.8, 4) is 5.75 Å². The van der Waals surface area contributed by atoms with Crippen LogP contribution >= 0.6 is 23.5 Å². The van der Waals surface area contributed by atoms with Gasteiger partial charge >= 0.3 is 11.9 Å². The summed E-state index contributed by atoms with van der Waals surface area (Å²) in [6, 6.07) is -2.65. The van der Waals surface area contributed by atoms with Crippen LogP contribution in [-0.2, 0) is 89.8 Å². The van der Waals surface area contributed by atoms with Gasteiger partial charge in [-0.05, 0) is 118 Å². The van der Waals surface area contributed by atoms with Crippen molar-refractivity contribution in [3.63, 3.8) is 0 Å². The van der Waals surface area contributed by atoms with Crippen LogP contribution in [0.3, 0.4) is 0 Å². The Kier molecular flexibility index (Phi) is 34.3. The lowest BCUT2D eigenvalue weighted by atomic mass is 9.80. The second kappa shape index (κ2) is 43.3. The molecule has 10 atom stereocenters. The number of fused-ring (bicyclic) bond motifs is 7. The van der Waals surface area contributed by atoms with Gasteiger partial charge in [0.1, 0.15) is 66.2 Å². The molecule has 3 aromatic rings. The van der Waals surface area contributed by atoms with Gasteiger partial charge in [0.15, 0.2) is 0 Å². The average Bonchev–Trinajstić information content (AvgIpc) is 1.74. The fourth-order valence-electron chi connectivity index (χ4n) is 13.0. The fourth-order valence-corrected chi connectivity index (χ4v) is 15.0. The third-order valence-electron chi connectivity index (χ3n) is 19.1. The first-order valence-corrected chi connectivity index (χ1v) is 39.1. The van der Waals surface area contributed by atoms with Crippen LogP contribution in [0.25, 0.3) is 10.9 Å². The maximum absolute atomic E-state index is 15.3. The third-order valence-corrected chi connectivity index (χ3v) is 21.3. The minimum Gasteiger partial charge on any atom is -0.494 e. The van der Waals surface area contributed by atoms with Crippen molar-refractivity contribution in [2.45, 2.75) is 227 Å². The number of ether oxygens (including phenoxy) is 1. The number of para-hydroxylation sites is 1. The number of carboxylic acid groups (broad SMARTS) is 2. The summed E-state index contributed by atoms with van der Waals surface area (Å²) in [4.78, 5) is 214. The fraction of sp³-hybridized carbons (Fsp3) is 0.597. The molecule has 3 aliphatic heterocycles. The Hall–Kier alpha value is -9.51. The minimum absolute atomic E-state index is 0.0226. The Labute approximate surface area is 628 Å². The van der Waals surface area contributed by atoms with E-state index in [2.05, 4.69) is 58.2 Å². The normalized spacial score (nSPS) is 24.9. The van der Waals surface area contributed by atoms with Crippen molar-refractivity contribution in [2.24, 2.45) is 23.1 Å². The van der Waals surface area contributed by atoms with Crippen molar-refractivity contribution in [3.05, 3.63) is 65.4 Å². The zero-order chi connectivity index (χ0) is 77.5. The number of nitrogens with two attached hydrogens (primary N) is 3. The van der Waals surface area contributed by atoms with E-state index < -0.39 is 182 Å². The number of aromatic amines is 1. The number of carbonyl (C=O) groups is 15. The van der Waals surface area contributed by atoms with Crippen LogP contribution in [0.4, 0.5) is 0 Å². The molecule has 1 saturated heterocycles. The Bertz CT molecular complexity index is 3650. The van der Waals surface area contributed by atoms with E-state index >= 15 is 4.79 Å². The number of rotatable bonds is 20. The second-order valence-electron chi connectivity index (χ2n) is 27.6. The minimum atomic E-state index is -1.88. The average molecular weight is 1530 g/mol. The van der Waals surface area contributed by atoms with Gasteiger partial charge in [-0.1, -0.05) is 76.1 Å². The van der Waals surface area contributed by atoms with Gasteiger partial charge in [-0.3, -0.25) is 71.9 Å². The van der Waals surface area contributed by atoms with Crippen molar-refractivity contribution in [2.75, 3.05) is 37.7 Å². The summed E-state index contributed by atoms with van der Waals surface area (Å²) in [5, 5.41) is 47.1. The first kappa shape index (κ1) is 84.7. The number of thioether (sulfide) groups is 2. The molecule has 4 heterocycles. The Morgan fingerprint density at radius 3 is 1.83 bits per heavy atom. The van der Waals surface area contributed by atoms with Crippen molar-refractivity contribution >= 4 is 123 Å². The zero-order valence-corrected chi connectivity index (χ0v) is 61.9. The molecule has 107 heavy (non-hydrogen) atoms. The second-order valence-corrected chi connectivity index (χ2v) is 29.6. The monoisotopic (exact) mass is 1530 g/mol. The van der Waals surface area contributed by atoms with Crippen molar-refractivity contribution in [1.82, 2.24) is 63.1 Å². The van der Waals surface area contributed by atoms with Crippen molar-refractivity contribution < 1.29 is 86.9 Å². The number of aromatic nitrogens is 1. The van der Waals surface area contributed by atoms with Gasteiger partial charge in [0, 0.05) is 72.3 Å². The predicted octanol–water partition coefficient (Wildman–Crippen LogP) is 0.304. The van der Waals surface area contributed by atoms with Gasteiger partial charge in [-0.25, -0.2) is 0 Å². The maximum Gasteiger partial charge on any atom is 0.305 e. The lowest BCUT2D eigenvalue weighted by molar-refractivity contribution is -0.143. The van der Waals surface area contributed by atoms with Crippen LogP contribution in [0.15, 0.2) is 48.7 Å². The molecule has 7 rings (SSSR count). The molecule has 2 fully saturated rings. The number of carboxylic acids is 2. The van der Waals surface area contributed by atoms with Crippen molar-refractivity contribution in [1.29, 1.82) is 0 Å². The topological polar surface area (TPSA) is 523 Å². The van der Waals surface area contributed by atoms with E-state index in [-0.39, 0.29) is 93.1 Å². The van der Waals surface area contributed by atoms with E-state index in [0.29, 0.717) is 104 Å². The predicted molar refractivity (Wildman–Crippen MR) is 396 cm³/mol. The molecular formula is C72H103N15O18S2. The molecule has 586 valence electrons. The summed E-state index contributed by atoms with van der Waals surface area (Å²) in [5.74, 6) is -13.9. The highest BCUT2D eigenvalue weighted by atomic mass is 32.2. The van der Waals surface area contributed by atoms with Gasteiger partial charge in [-0.2, -0.15) is 23.5 Å². The Balaban J connectivity index is 1.29. The number of amides is 13. The van der Waals surface area contributed by atoms with E-state index in [1.165, 1.54) is 28.4 Å². The highest BCUT2D eigenvalue weighted by Gasteiger charge is 2.42. The van der Waals surface area contributed by atoms with E-state index in [4.69, 9.17) is 21.9 Å². The smallest absolute Gasteiger partial charge is 0.305 e. The summed E-state index contributed by atoms with van der Waals surface area (Å²) in [5.41, 5.74) is 19.8. The molecular weight excluding hydrogens is 1430 g/mol. The van der Waals surface area contributed by atoms with Crippen LogP contribution in [0, 0.1) is 5.92 Å². The molecule has 33 nitrogen and oxygen atoms in total. The van der Waals surface area contributed by atoms with Crippen LogP contribution in [0.2, 0.25) is 0 Å². The highest BCUT2D eigenvalue weighted by molar-refractivity contribution is 7.98. The van der Waals surface area contributed by atoms with Gasteiger partial charge in [0.05, 0.1) is 19.6 Å². The molecule has 0 spiro atoms. The number of H-pyrrole nitrogens is 1. The van der Waals surface area contributed by atoms with E-state index in [9.17, 15) is 77.3 Å². The number of unbranched alkanes of at least 4 members (excludes halogenated alkanes) is 2. The maximum atomic E-state index is 15.3. The SMILES string of the molecule is CCCC[C@@H]1NC(=O)[C@@H]2CCCN2C(=O)[C@@H]2CSCc3cc(cc(c3)OCCCCCCC(=O)NCC(=O)N[C@@H](CCCCN)C(=O)N2)CSC[C@@H](C(N)=O)NC(=O)[C@H](CCC(=O)O)NC(=O)[C@H](CCC(N)=O)NC(=O)[C@H](Cc2c[nH]c3ccccc23)NC(=O)[C@H](CC2CCC2)NC(=O)[C@H](CC(=O)O)NC1=O. The summed E-state index contributed by atoms with van der Waals surface area (Å²) in [7, 11) is 0. The van der Waals surface area contributed by atoms with Gasteiger partial charge in [-0.15, -0.1) is 0 Å². The Morgan fingerprint density at radius 1 is 0.579 bits per heavy atom. The molecule has 19 N–H and O–H groups in total. The number of nitrogens with zero attached hydrogens (tertiary/aromatic N) is 1. The summed E-state index contributed by atoms with van der Waals surface area (Å²) in [6.07, 6.45) is 4.81. The van der Waals surface area contributed by atoms with Gasteiger partial charge < -0.3 is 95.2 Å². The summed E-state index contributed by atoms with van der Waals surface area (Å²) in [6.45, 7) is 1.96. The number of hydrogen-bond donors (Lipinski definition) is 16. The number of nitrogens with one attached hydrogen (secondary N) is 11. The summed E-state index contributed by atoms with van der Waals surface area (Å²) < 4.78 is 6.29. The van der Waals surface area contributed by atoms with E-state index in [1.807, 2.05) is 13.0 Å². The molecule has 4 bridgehead atoms. The molecule has 35 heteroatoms. The number of benzene rings is 2. The van der Waals surface area contributed by atoms with E-state index in [0.717, 1.165) is 6.42 Å². The largest absolute Gasteiger partial charge is 0.494 e. The van der Waals surface area contributed by atoms with Crippen LogP contribution in [-0.4, -0.2) is 207 Å². The van der Waals surface area contributed by atoms with Crippen LogP contribution in [0.1, 0.15) is 165 Å². The molecule has 1 saturated carbocycles. The Morgan fingerprint density at radius 2 is 1.17 bits per heavy atom. The zero-order valence-electron chi connectivity index (χ0n) is 60.3. The molecule has 2 aromatic carbocycles. The third kappa shape index (κ3) is 27.7. The number of aliphatic carboxylic acids is 2. The quantitative estimate of drug-likeness (QED) is 0.0677. The molecule has 1 aromatic heterocycles. The molecule has 4 aliphatic rings. The number of hydrogen-bond acceptors (Lipinski definition) is 19. The number of primary amides is 2. The van der Waals surface area contributed by atoms with Crippen LogP contribution < -0.4 is 75.1 Å². The van der Waals surface area contributed by atoms with Gasteiger partial charge in [0.25, 0.3) is 0 Å². The lowest BCUT2D eigenvalue weighted by Gasteiger charge is -2.32. The molecule has 13 amide bonds. The molecule has 0 radical (unpaired) electrons. The highest BCUT2D eigenvalue weighted by Crippen LogP contribution is 2.32. The number of carbonyl (C=O) groups excluding carboxylic acids is 13. The van der Waals surface area contributed by atoms with E-state index in [1.54, 1.807) is 42.6 Å². The van der Waals surface area contributed by atoms with Crippen LogP contribution in [0.5, 0.6) is 5.75 Å². The lowest BCUT2D eigenvalue weighted by Crippen LogP contribution is -2.61. The molecule has 0 unspecified atom stereocenters.